The molecule has 0 atom stereocenters. The Morgan fingerprint density at radius 1 is 1.07 bits per heavy atom. The van der Waals surface area contributed by atoms with Crippen molar-refractivity contribution in [2.75, 3.05) is 17.7 Å². The summed E-state index contributed by atoms with van der Waals surface area (Å²) in [6, 6.07) is 9.61. The van der Waals surface area contributed by atoms with E-state index in [1.165, 1.54) is 18.3 Å². The molecule has 3 rings (SSSR count). The Morgan fingerprint density at radius 3 is 2.48 bits per heavy atom. The maximum Gasteiger partial charge on any atom is 0.150 e. The fraction of sp³-hybridized carbons (Fsp3) is 0.0476. The van der Waals surface area contributed by atoms with Crippen LogP contribution in [0.2, 0.25) is 0 Å². The number of allylic oxidation sites excluding steroid dienone is 1. The van der Waals surface area contributed by atoms with Crippen molar-refractivity contribution in [2.24, 2.45) is 0 Å². The van der Waals surface area contributed by atoms with Crippen molar-refractivity contribution < 1.29 is 4.39 Å². The molecule has 2 aromatic heterocycles. The summed E-state index contributed by atoms with van der Waals surface area (Å²) in [6.45, 7) is 4.01. The van der Waals surface area contributed by atoms with E-state index in [2.05, 4.69) is 37.5 Å². The van der Waals surface area contributed by atoms with Crippen molar-refractivity contribution in [2.45, 2.75) is 0 Å². The molecule has 0 aliphatic rings. The van der Waals surface area contributed by atoms with Gasteiger partial charge in [-0.05, 0) is 35.4 Å². The second-order valence-corrected chi connectivity index (χ2v) is 5.99. The number of halogens is 1. The minimum absolute atomic E-state index is 0.315. The van der Waals surface area contributed by atoms with Gasteiger partial charge in [-0.3, -0.25) is 4.98 Å². The van der Waals surface area contributed by atoms with E-state index in [4.69, 9.17) is 5.41 Å². The summed E-state index contributed by atoms with van der Waals surface area (Å²) in [6.07, 6.45) is 7.70. The van der Waals surface area contributed by atoms with Crippen LogP contribution >= 0.6 is 0 Å². The van der Waals surface area contributed by atoms with Gasteiger partial charge in [0.15, 0.2) is 0 Å². The zero-order chi connectivity index (χ0) is 20.6. The molecule has 1 aromatic carbocycles. The zero-order valence-corrected chi connectivity index (χ0v) is 15.8. The minimum atomic E-state index is -0.315. The Bertz CT molecular complexity index is 1030. The van der Waals surface area contributed by atoms with Crippen LogP contribution in [0.4, 0.5) is 21.8 Å². The first-order valence-corrected chi connectivity index (χ1v) is 8.74. The number of nitrogens with one attached hydrogen (secondary N) is 4. The van der Waals surface area contributed by atoms with Gasteiger partial charge in [0.2, 0.25) is 0 Å². The monoisotopic (exact) mass is 389 g/mol. The summed E-state index contributed by atoms with van der Waals surface area (Å²) < 4.78 is 13.2. The van der Waals surface area contributed by atoms with Gasteiger partial charge in [-0.25, -0.2) is 14.4 Å². The van der Waals surface area contributed by atoms with Crippen molar-refractivity contribution in [3.63, 3.8) is 0 Å². The van der Waals surface area contributed by atoms with E-state index in [-0.39, 0.29) is 5.82 Å². The first kappa shape index (κ1) is 19.7. The lowest BCUT2D eigenvalue weighted by atomic mass is 10.1. The lowest BCUT2D eigenvalue weighted by Gasteiger charge is -2.14. The average Bonchev–Trinajstić information content (AvgIpc) is 2.73. The highest BCUT2D eigenvalue weighted by atomic mass is 19.1. The standard InChI is InChI=1S/C21H20FN7/c1-14(15-3-5-18(22)6-4-15)27-19-9-16(17(11-23)12-24-2)10-20(28-19)29-21-13-25-7-8-26-21/h3-13,23-24H,1H2,2H3,(H2,26,27,28,29)/b17-12+,23-11?. The lowest BCUT2D eigenvalue weighted by molar-refractivity contribution is 0.627. The third kappa shape index (κ3) is 5.23. The maximum absolute atomic E-state index is 13.2. The molecule has 8 heteroatoms. The van der Waals surface area contributed by atoms with Crippen molar-refractivity contribution in [1.29, 1.82) is 5.41 Å². The smallest absolute Gasteiger partial charge is 0.150 e. The SMILES string of the molecule is C=C(Nc1cc(/C(C=N)=C/NC)cc(Nc2cnccn2)n1)c1ccc(F)cc1. The molecule has 0 fully saturated rings. The van der Waals surface area contributed by atoms with Gasteiger partial charge in [-0.1, -0.05) is 18.7 Å². The molecule has 0 bridgehead atoms. The Hall–Kier alpha value is -4.07. The number of pyridine rings is 1. The number of hydrogen-bond donors (Lipinski definition) is 4. The van der Waals surface area contributed by atoms with Crippen LogP contribution in [0.1, 0.15) is 11.1 Å². The normalized spacial score (nSPS) is 10.9. The number of hydrogen-bond acceptors (Lipinski definition) is 7. The van der Waals surface area contributed by atoms with Gasteiger partial charge < -0.3 is 21.4 Å². The summed E-state index contributed by atoms with van der Waals surface area (Å²) in [5.74, 6) is 1.24. The molecule has 29 heavy (non-hydrogen) atoms. The summed E-state index contributed by atoms with van der Waals surface area (Å²) >= 11 is 0. The van der Waals surface area contributed by atoms with Crippen molar-refractivity contribution in [3.8, 4) is 0 Å². The molecule has 0 saturated heterocycles. The molecule has 7 nitrogen and oxygen atoms in total. The molecule has 2 heterocycles. The van der Waals surface area contributed by atoms with E-state index in [1.54, 1.807) is 56.1 Å². The maximum atomic E-state index is 13.2. The average molecular weight is 389 g/mol. The predicted octanol–water partition coefficient (Wildman–Crippen LogP) is 4.05. The van der Waals surface area contributed by atoms with E-state index in [1.807, 2.05) is 0 Å². The van der Waals surface area contributed by atoms with E-state index in [0.29, 0.717) is 28.7 Å². The molecular formula is C21H20FN7. The molecular weight excluding hydrogens is 369 g/mol. The third-order valence-corrected chi connectivity index (χ3v) is 3.90. The van der Waals surface area contributed by atoms with Gasteiger partial charge >= 0.3 is 0 Å². The number of rotatable bonds is 8. The first-order valence-electron chi connectivity index (χ1n) is 8.74. The number of aromatic nitrogens is 3. The highest BCUT2D eigenvalue weighted by molar-refractivity contribution is 6.08. The van der Waals surface area contributed by atoms with Crippen LogP contribution in [0.3, 0.4) is 0 Å². The van der Waals surface area contributed by atoms with Crippen LogP contribution < -0.4 is 16.0 Å². The van der Waals surface area contributed by atoms with E-state index in [0.717, 1.165) is 11.1 Å². The van der Waals surface area contributed by atoms with Crippen molar-refractivity contribution in [1.82, 2.24) is 20.3 Å². The first-order chi connectivity index (χ1) is 14.1. The Morgan fingerprint density at radius 2 is 1.83 bits per heavy atom. The fourth-order valence-electron chi connectivity index (χ4n) is 2.56. The van der Waals surface area contributed by atoms with Crippen LogP contribution in [-0.4, -0.2) is 28.2 Å². The molecule has 0 aliphatic heterocycles. The molecule has 0 saturated carbocycles. The Balaban J connectivity index is 1.94. The number of benzene rings is 1. The lowest BCUT2D eigenvalue weighted by Crippen LogP contribution is -2.05. The van der Waals surface area contributed by atoms with Gasteiger partial charge in [0, 0.05) is 43.1 Å². The Kier molecular flexibility index (Phi) is 6.26. The van der Waals surface area contributed by atoms with Crippen LogP contribution in [0, 0.1) is 11.2 Å². The quantitative estimate of drug-likeness (QED) is 0.434. The summed E-state index contributed by atoms with van der Waals surface area (Å²) in [5.41, 5.74) is 2.71. The molecule has 4 N–H and O–H groups in total. The largest absolute Gasteiger partial charge is 0.393 e. The van der Waals surface area contributed by atoms with Gasteiger partial charge in [-0.2, -0.15) is 0 Å². The molecule has 3 aromatic rings. The van der Waals surface area contributed by atoms with Crippen molar-refractivity contribution >= 4 is 34.9 Å². The van der Waals surface area contributed by atoms with Crippen LogP contribution in [0.25, 0.3) is 11.3 Å². The molecule has 0 amide bonds. The molecule has 0 unspecified atom stereocenters. The minimum Gasteiger partial charge on any atom is -0.393 e. The summed E-state index contributed by atoms with van der Waals surface area (Å²) in [5, 5.41) is 16.9. The topological polar surface area (TPSA) is 98.6 Å². The highest BCUT2D eigenvalue weighted by Gasteiger charge is 2.09. The summed E-state index contributed by atoms with van der Waals surface area (Å²) in [4.78, 5) is 12.8. The fourth-order valence-corrected chi connectivity index (χ4v) is 2.56. The molecule has 0 aliphatic carbocycles. The van der Waals surface area contributed by atoms with Crippen LogP contribution in [0.15, 0.2) is 67.8 Å². The van der Waals surface area contributed by atoms with Gasteiger partial charge in [0.1, 0.15) is 23.3 Å². The molecule has 0 radical (unpaired) electrons. The predicted molar refractivity (Wildman–Crippen MR) is 114 cm³/mol. The zero-order valence-electron chi connectivity index (χ0n) is 15.8. The Labute approximate surface area is 168 Å². The highest BCUT2D eigenvalue weighted by Crippen LogP contribution is 2.24. The van der Waals surface area contributed by atoms with E-state index >= 15 is 0 Å². The van der Waals surface area contributed by atoms with Crippen molar-refractivity contribution in [3.05, 3.63) is 84.7 Å². The molecule has 146 valence electrons. The second kappa shape index (κ2) is 9.23. The van der Waals surface area contributed by atoms with Gasteiger partial charge in [0.25, 0.3) is 0 Å². The summed E-state index contributed by atoms with van der Waals surface area (Å²) in [7, 11) is 1.76. The second-order valence-electron chi connectivity index (χ2n) is 5.99. The third-order valence-electron chi connectivity index (χ3n) is 3.90. The van der Waals surface area contributed by atoms with Gasteiger partial charge in [0.05, 0.1) is 6.20 Å². The van der Waals surface area contributed by atoms with Gasteiger partial charge in [-0.15, -0.1) is 0 Å². The number of anilines is 3. The number of nitrogens with zero attached hydrogens (tertiary/aromatic N) is 3. The van der Waals surface area contributed by atoms with E-state index < -0.39 is 0 Å². The van der Waals surface area contributed by atoms with Crippen LogP contribution in [0.5, 0.6) is 0 Å². The van der Waals surface area contributed by atoms with E-state index in [9.17, 15) is 4.39 Å². The van der Waals surface area contributed by atoms with Crippen LogP contribution in [-0.2, 0) is 0 Å². The molecule has 0 spiro atoms.